The average molecular weight is 233 g/mol. The topological polar surface area (TPSA) is 43.8 Å². The van der Waals surface area contributed by atoms with Gasteiger partial charge in [-0.3, -0.25) is 4.68 Å². The summed E-state index contributed by atoms with van der Waals surface area (Å²) in [6.07, 6.45) is -0.287. The third kappa shape index (κ3) is 2.21. The minimum absolute atomic E-state index is 0.224. The average Bonchev–Trinajstić information content (AvgIpc) is 2.74. The van der Waals surface area contributed by atoms with E-state index in [9.17, 15) is 13.2 Å². The van der Waals surface area contributed by atoms with Crippen molar-refractivity contribution >= 4 is 0 Å². The highest BCUT2D eigenvalue weighted by atomic mass is 19.4. The highest BCUT2D eigenvalue weighted by Crippen LogP contribution is 2.38. The molecule has 0 saturated heterocycles. The number of alkyl halides is 3. The maximum Gasteiger partial charge on any atom is 0.433 e. The summed E-state index contributed by atoms with van der Waals surface area (Å²) in [5.41, 5.74) is 5.21. The molecule has 0 aromatic carbocycles. The molecule has 6 heteroatoms. The summed E-state index contributed by atoms with van der Waals surface area (Å²) in [5.74, 6) is 0. The molecule has 0 radical (unpaired) electrons. The minimum Gasteiger partial charge on any atom is -0.325 e. The predicted molar refractivity (Wildman–Crippen MR) is 52.7 cm³/mol. The van der Waals surface area contributed by atoms with Crippen LogP contribution in [0.3, 0.4) is 0 Å². The van der Waals surface area contributed by atoms with Gasteiger partial charge in [-0.05, 0) is 25.7 Å². The largest absolute Gasteiger partial charge is 0.433 e. The Kier molecular flexibility index (Phi) is 2.49. The SMILES string of the molecule is Cn1ncc(CCC2(N)CC2)c1C(F)(F)F. The molecule has 90 valence electrons. The van der Waals surface area contributed by atoms with Crippen molar-refractivity contribution in [2.75, 3.05) is 0 Å². The molecule has 3 nitrogen and oxygen atoms in total. The third-order valence-electron chi connectivity index (χ3n) is 3.07. The van der Waals surface area contributed by atoms with E-state index >= 15 is 0 Å². The molecule has 1 aliphatic carbocycles. The number of hydrogen-bond donors (Lipinski definition) is 1. The van der Waals surface area contributed by atoms with Crippen LogP contribution in [0.25, 0.3) is 0 Å². The van der Waals surface area contributed by atoms with Crippen LogP contribution < -0.4 is 5.73 Å². The summed E-state index contributed by atoms with van der Waals surface area (Å²) in [7, 11) is 1.31. The molecule has 1 aliphatic rings. The number of rotatable bonds is 3. The molecule has 0 aliphatic heterocycles. The summed E-state index contributed by atoms with van der Waals surface area (Å²) in [6, 6.07) is 0. The van der Waals surface area contributed by atoms with Crippen LogP contribution in [0.15, 0.2) is 6.20 Å². The van der Waals surface area contributed by atoms with E-state index in [1.165, 1.54) is 13.2 Å². The Morgan fingerprint density at radius 3 is 2.62 bits per heavy atom. The van der Waals surface area contributed by atoms with Gasteiger partial charge >= 0.3 is 6.18 Å². The van der Waals surface area contributed by atoms with Gasteiger partial charge in [0, 0.05) is 18.2 Å². The normalized spacial score (nSPS) is 18.8. The molecule has 0 amide bonds. The number of halogens is 3. The number of nitrogens with zero attached hydrogens (tertiary/aromatic N) is 2. The van der Waals surface area contributed by atoms with Crippen molar-refractivity contribution in [1.29, 1.82) is 0 Å². The molecule has 1 fully saturated rings. The molecular formula is C10H14F3N3. The Labute approximate surface area is 91.4 Å². The standard InChI is InChI=1S/C10H14F3N3/c1-16-8(10(11,12)13)7(6-15-16)2-3-9(14)4-5-9/h6H,2-5,14H2,1H3. The van der Waals surface area contributed by atoms with Gasteiger partial charge in [-0.2, -0.15) is 18.3 Å². The molecule has 2 N–H and O–H groups in total. The lowest BCUT2D eigenvalue weighted by atomic mass is 10.0. The zero-order valence-corrected chi connectivity index (χ0v) is 9.01. The van der Waals surface area contributed by atoms with Gasteiger partial charge in [0.05, 0.1) is 6.20 Å². The summed E-state index contributed by atoms with van der Waals surface area (Å²) >= 11 is 0. The molecular weight excluding hydrogens is 219 g/mol. The van der Waals surface area contributed by atoms with E-state index < -0.39 is 11.9 Å². The molecule has 1 saturated carbocycles. The molecule has 0 atom stereocenters. The van der Waals surface area contributed by atoms with E-state index in [2.05, 4.69) is 5.10 Å². The predicted octanol–water partition coefficient (Wildman–Crippen LogP) is 1.86. The molecule has 16 heavy (non-hydrogen) atoms. The molecule has 0 unspecified atom stereocenters. The number of nitrogens with two attached hydrogens (primary N) is 1. The van der Waals surface area contributed by atoms with E-state index in [0.717, 1.165) is 17.5 Å². The second kappa shape index (κ2) is 3.48. The van der Waals surface area contributed by atoms with Crippen molar-refractivity contribution in [2.45, 2.75) is 37.4 Å². The molecule has 2 rings (SSSR count). The van der Waals surface area contributed by atoms with E-state index in [0.29, 0.717) is 12.8 Å². The summed E-state index contributed by atoms with van der Waals surface area (Å²) in [6.45, 7) is 0. The fourth-order valence-corrected chi connectivity index (χ4v) is 1.83. The van der Waals surface area contributed by atoms with Gasteiger partial charge in [-0.25, -0.2) is 0 Å². The van der Waals surface area contributed by atoms with Crippen molar-refractivity contribution < 1.29 is 13.2 Å². The zero-order valence-electron chi connectivity index (χ0n) is 9.01. The van der Waals surface area contributed by atoms with Gasteiger partial charge in [-0.1, -0.05) is 0 Å². The Hall–Kier alpha value is -1.04. The monoisotopic (exact) mass is 233 g/mol. The molecule has 1 heterocycles. The molecule has 1 aromatic rings. The molecule has 0 spiro atoms. The van der Waals surface area contributed by atoms with Gasteiger partial charge < -0.3 is 5.73 Å². The zero-order chi connectivity index (χ0) is 12.0. The van der Waals surface area contributed by atoms with E-state index in [1.807, 2.05) is 0 Å². The Bertz CT molecular complexity index is 391. The van der Waals surface area contributed by atoms with Crippen LogP contribution in [0.5, 0.6) is 0 Å². The summed E-state index contributed by atoms with van der Waals surface area (Å²) in [5, 5.41) is 3.66. The number of hydrogen-bond acceptors (Lipinski definition) is 2. The Balaban J connectivity index is 2.14. The maximum absolute atomic E-state index is 12.7. The highest BCUT2D eigenvalue weighted by molar-refractivity contribution is 5.21. The van der Waals surface area contributed by atoms with Crippen molar-refractivity contribution in [3.8, 4) is 0 Å². The first kappa shape index (κ1) is 11.4. The Morgan fingerprint density at radius 1 is 1.50 bits per heavy atom. The summed E-state index contributed by atoms with van der Waals surface area (Å²) in [4.78, 5) is 0. The lowest BCUT2D eigenvalue weighted by Crippen LogP contribution is -2.23. The number of aryl methyl sites for hydroxylation is 2. The van der Waals surface area contributed by atoms with Gasteiger partial charge in [0.25, 0.3) is 0 Å². The van der Waals surface area contributed by atoms with E-state index in [1.54, 1.807) is 0 Å². The van der Waals surface area contributed by atoms with Crippen LogP contribution in [0.2, 0.25) is 0 Å². The van der Waals surface area contributed by atoms with Crippen LogP contribution in [-0.2, 0) is 19.6 Å². The van der Waals surface area contributed by atoms with Crippen LogP contribution in [-0.4, -0.2) is 15.3 Å². The third-order valence-corrected chi connectivity index (χ3v) is 3.07. The van der Waals surface area contributed by atoms with Gasteiger partial charge in [0.15, 0.2) is 0 Å². The van der Waals surface area contributed by atoms with Crippen LogP contribution >= 0.6 is 0 Å². The quantitative estimate of drug-likeness (QED) is 0.866. The van der Waals surface area contributed by atoms with Crippen molar-refractivity contribution in [1.82, 2.24) is 9.78 Å². The lowest BCUT2D eigenvalue weighted by molar-refractivity contribution is -0.144. The smallest absolute Gasteiger partial charge is 0.325 e. The highest BCUT2D eigenvalue weighted by Gasteiger charge is 2.40. The van der Waals surface area contributed by atoms with Gasteiger partial charge in [0.1, 0.15) is 5.69 Å². The first-order chi connectivity index (χ1) is 7.32. The second-order valence-electron chi connectivity index (χ2n) is 4.50. The van der Waals surface area contributed by atoms with Gasteiger partial charge in [0.2, 0.25) is 0 Å². The van der Waals surface area contributed by atoms with Crippen molar-refractivity contribution in [3.63, 3.8) is 0 Å². The lowest BCUT2D eigenvalue weighted by Gasteiger charge is -2.11. The van der Waals surface area contributed by atoms with Gasteiger partial charge in [-0.15, -0.1) is 0 Å². The van der Waals surface area contributed by atoms with Crippen LogP contribution in [0.4, 0.5) is 13.2 Å². The maximum atomic E-state index is 12.7. The number of aromatic nitrogens is 2. The fourth-order valence-electron chi connectivity index (χ4n) is 1.83. The fraction of sp³-hybridized carbons (Fsp3) is 0.700. The molecule has 0 bridgehead atoms. The van der Waals surface area contributed by atoms with Crippen molar-refractivity contribution in [3.05, 3.63) is 17.5 Å². The van der Waals surface area contributed by atoms with Crippen molar-refractivity contribution in [2.24, 2.45) is 12.8 Å². The van der Waals surface area contributed by atoms with Crippen LogP contribution in [0, 0.1) is 0 Å². The molecule has 1 aromatic heterocycles. The van der Waals surface area contributed by atoms with E-state index in [4.69, 9.17) is 5.73 Å². The van der Waals surface area contributed by atoms with Crippen LogP contribution in [0.1, 0.15) is 30.5 Å². The summed E-state index contributed by atoms with van der Waals surface area (Å²) < 4.78 is 38.9. The van der Waals surface area contributed by atoms with E-state index in [-0.39, 0.29) is 11.1 Å². The Morgan fingerprint density at radius 2 is 2.12 bits per heavy atom. The first-order valence-corrected chi connectivity index (χ1v) is 5.19. The first-order valence-electron chi connectivity index (χ1n) is 5.19. The minimum atomic E-state index is -4.34. The second-order valence-corrected chi connectivity index (χ2v) is 4.50.